The van der Waals surface area contributed by atoms with Crippen molar-refractivity contribution in [1.29, 1.82) is 0 Å². The number of hydrogen-bond donors (Lipinski definition) is 1. The number of nitrogens with zero attached hydrogens (tertiary/aromatic N) is 2. The van der Waals surface area contributed by atoms with Crippen LogP contribution in [0.1, 0.15) is 43.9 Å². The number of carbonyl (C=O) groups is 1. The summed E-state index contributed by atoms with van der Waals surface area (Å²) in [5.41, 5.74) is 1.70. The largest absolute Gasteiger partial charge is 0.348 e. The van der Waals surface area contributed by atoms with Crippen molar-refractivity contribution in [3.63, 3.8) is 0 Å². The Morgan fingerprint density at radius 1 is 1.03 bits per heavy atom. The third kappa shape index (κ3) is 5.36. The zero-order valence-corrected chi connectivity index (χ0v) is 20.0. The van der Waals surface area contributed by atoms with Crippen LogP contribution in [0.4, 0.5) is 8.78 Å². The first kappa shape index (κ1) is 24.7. The van der Waals surface area contributed by atoms with Crippen LogP contribution < -0.4 is 5.69 Å². The number of hydrogen-bond acceptors (Lipinski definition) is 4. The molecule has 33 heavy (non-hydrogen) atoms. The molecule has 0 unspecified atom stereocenters. The molecule has 1 heterocycles. The number of ketones is 1. The quantitative estimate of drug-likeness (QED) is 0.460. The SMILES string of the molecule is Cc1ccc(-c2nc(-c3cc(CCC(=O)C(C)(C)C(C)(F)F)ccc3Cl)[nH]c(=O)n2)cc1C. The maximum atomic E-state index is 13.8. The van der Waals surface area contributed by atoms with E-state index >= 15 is 0 Å². The number of nitrogens with one attached hydrogen (secondary N) is 1. The number of aromatic nitrogens is 3. The van der Waals surface area contributed by atoms with Crippen LogP contribution in [0.2, 0.25) is 5.02 Å². The van der Waals surface area contributed by atoms with Crippen molar-refractivity contribution in [3.05, 3.63) is 68.6 Å². The topological polar surface area (TPSA) is 75.7 Å². The first-order valence-electron chi connectivity index (χ1n) is 10.6. The first-order chi connectivity index (χ1) is 15.3. The summed E-state index contributed by atoms with van der Waals surface area (Å²) in [5.74, 6) is -3.15. The van der Waals surface area contributed by atoms with Gasteiger partial charge in [-0.25, -0.2) is 18.6 Å². The molecule has 0 aliphatic carbocycles. The Morgan fingerprint density at radius 3 is 2.36 bits per heavy atom. The summed E-state index contributed by atoms with van der Waals surface area (Å²) in [6.07, 6.45) is 0.202. The molecule has 2 aromatic carbocycles. The van der Waals surface area contributed by atoms with Gasteiger partial charge < -0.3 is 0 Å². The van der Waals surface area contributed by atoms with Gasteiger partial charge in [-0.15, -0.1) is 0 Å². The Bertz CT molecular complexity index is 1260. The lowest BCUT2D eigenvalue weighted by atomic mass is 9.80. The van der Waals surface area contributed by atoms with Gasteiger partial charge in [0.1, 0.15) is 11.6 Å². The molecule has 0 aliphatic heterocycles. The number of carbonyl (C=O) groups excluding carboxylic acids is 1. The van der Waals surface area contributed by atoms with Crippen LogP contribution in [0.25, 0.3) is 22.8 Å². The van der Waals surface area contributed by atoms with Crippen LogP contribution in [0.5, 0.6) is 0 Å². The highest BCUT2D eigenvalue weighted by Crippen LogP contribution is 2.38. The zero-order chi connectivity index (χ0) is 24.6. The molecular weight excluding hydrogens is 448 g/mol. The molecule has 0 atom stereocenters. The zero-order valence-electron chi connectivity index (χ0n) is 19.2. The predicted octanol–water partition coefficient (Wildman–Crippen LogP) is 5.95. The predicted molar refractivity (Wildman–Crippen MR) is 126 cm³/mol. The van der Waals surface area contributed by atoms with Gasteiger partial charge in [0.25, 0.3) is 5.92 Å². The molecule has 1 N–H and O–H groups in total. The van der Waals surface area contributed by atoms with E-state index in [-0.39, 0.29) is 24.5 Å². The van der Waals surface area contributed by atoms with Crippen molar-refractivity contribution < 1.29 is 13.6 Å². The van der Waals surface area contributed by atoms with Gasteiger partial charge in [0.2, 0.25) is 0 Å². The summed E-state index contributed by atoms with van der Waals surface area (Å²) < 4.78 is 27.6. The molecule has 5 nitrogen and oxygen atoms in total. The summed E-state index contributed by atoms with van der Waals surface area (Å²) in [5, 5.41) is 0.353. The lowest BCUT2D eigenvalue weighted by Crippen LogP contribution is -2.40. The van der Waals surface area contributed by atoms with Crippen LogP contribution in [0.15, 0.2) is 41.2 Å². The number of halogens is 3. The molecule has 0 amide bonds. The van der Waals surface area contributed by atoms with E-state index in [1.54, 1.807) is 18.2 Å². The minimum Gasteiger partial charge on any atom is -0.299 e. The standard InChI is InChI=1S/C25H26ClF2N3O2/c1-14-6-9-17(12-15(14)2)21-29-22(31-23(33)30-21)18-13-16(7-10-19(18)26)8-11-20(32)24(3,4)25(5,27)28/h6-7,9-10,12-13H,8,11H2,1-5H3,(H,29,30,31,33). The van der Waals surface area contributed by atoms with Crippen molar-refractivity contribution >= 4 is 17.4 Å². The van der Waals surface area contributed by atoms with Gasteiger partial charge in [0, 0.05) is 24.5 Å². The Labute approximate surface area is 196 Å². The van der Waals surface area contributed by atoms with Crippen molar-refractivity contribution in [2.75, 3.05) is 0 Å². The van der Waals surface area contributed by atoms with Gasteiger partial charge >= 0.3 is 5.69 Å². The fourth-order valence-corrected chi connectivity index (χ4v) is 3.45. The number of Topliss-reactive ketones (excluding diaryl/α,β-unsaturated/α-hetero) is 1. The van der Waals surface area contributed by atoms with E-state index in [2.05, 4.69) is 15.0 Å². The van der Waals surface area contributed by atoms with E-state index in [0.717, 1.165) is 18.1 Å². The normalized spacial score (nSPS) is 12.1. The highest BCUT2D eigenvalue weighted by Gasteiger charge is 2.47. The highest BCUT2D eigenvalue weighted by molar-refractivity contribution is 6.33. The highest BCUT2D eigenvalue weighted by atomic mass is 35.5. The summed E-state index contributed by atoms with van der Waals surface area (Å²) in [6.45, 7) is 7.21. The Hall–Kier alpha value is -2.93. The summed E-state index contributed by atoms with van der Waals surface area (Å²) in [7, 11) is 0. The second-order valence-electron chi connectivity index (χ2n) is 8.88. The van der Waals surface area contributed by atoms with Gasteiger partial charge in [0.05, 0.1) is 10.4 Å². The third-order valence-corrected chi connectivity index (χ3v) is 6.47. The summed E-state index contributed by atoms with van der Waals surface area (Å²) in [6, 6.07) is 10.7. The van der Waals surface area contributed by atoms with E-state index in [0.29, 0.717) is 21.7 Å². The number of aromatic amines is 1. The second kappa shape index (κ2) is 9.14. The Morgan fingerprint density at radius 2 is 1.73 bits per heavy atom. The van der Waals surface area contributed by atoms with Gasteiger partial charge in [-0.3, -0.25) is 9.78 Å². The van der Waals surface area contributed by atoms with Crippen LogP contribution in [0, 0.1) is 19.3 Å². The Balaban J connectivity index is 1.92. The molecule has 0 saturated heterocycles. The molecule has 0 radical (unpaired) electrons. The first-order valence-corrected chi connectivity index (χ1v) is 10.9. The van der Waals surface area contributed by atoms with Crippen LogP contribution in [-0.4, -0.2) is 26.7 Å². The number of rotatable bonds is 7. The third-order valence-electron chi connectivity index (χ3n) is 6.14. The summed E-state index contributed by atoms with van der Waals surface area (Å²) >= 11 is 6.37. The molecule has 0 bridgehead atoms. The van der Waals surface area contributed by atoms with E-state index in [4.69, 9.17) is 11.6 Å². The molecule has 174 valence electrons. The lowest BCUT2D eigenvalue weighted by molar-refractivity contribution is -0.149. The number of benzene rings is 2. The van der Waals surface area contributed by atoms with Crippen molar-refractivity contribution in [3.8, 4) is 22.8 Å². The van der Waals surface area contributed by atoms with Crippen LogP contribution in [0.3, 0.4) is 0 Å². The number of alkyl halides is 2. The van der Waals surface area contributed by atoms with Gasteiger partial charge in [-0.05, 0) is 69.0 Å². The van der Waals surface area contributed by atoms with Crippen molar-refractivity contribution in [2.24, 2.45) is 5.41 Å². The van der Waals surface area contributed by atoms with E-state index < -0.39 is 22.8 Å². The van der Waals surface area contributed by atoms with Crippen LogP contribution >= 0.6 is 11.6 Å². The Kier molecular flexibility index (Phi) is 6.84. The number of aryl methyl sites for hydroxylation is 3. The number of H-pyrrole nitrogens is 1. The maximum Gasteiger partial charge on any atom is 0.348 e. The maximum absolute atomic E-state index is 13.8. The van der Waals surface area contributed by atoms with E-state index in [1.165, 1.54) is 13.8 Å². The van der Waals surface area contributed by atoms with E-state index in [1.807, 2.05) is 32.0 Å². The average molecular weight is 474 g/mol. The molecule has 0 spiro atoms. The molecule has 8 heteroatoms. The fraction of sp³-hybridized carbons (Fsp3) is 0.360. The second-order valence-corrected chi connectivity index (χ2v) is 9.28. The molecule has 1 aromatic heterocycles. The molecular formula is C25H26ClF2N3O2. The van der Waals surface area contributed by atoms with Crippen LogP contribution in [-0.2, 0) is 11.2 Å². The van der Waals surface area contributed by atoms with Gasteiger partial charge in [0.15, 0.2) is 5.82 Å². The van der Waals surface area contributed by atoms with Crippen molar-refractivity contribution in [2.45, 2.75) is 53.4 Å². The monoisotopic (exact) mass is 473 g/mol. The van der Waals surface area contributed by atoms with Gasteiger partial charge in [-0.1, -0.05) is 29.8 Å². The fourth-order valence-electron chi connectivity index (χ4n) is 3.25. The molecule has 3 aromatic rings. The molecule has 0 aliphatic rings. The van der Waals surface area contributed by atoms with Crippen molar-refractivity contribution in [1.82, 2.24) is 15.0 Å². The molecule has 0 saturated carbocycles. The van der Waals surface area contributed by atoms with E-state index in [9.17, 15) is 18.4 Å². The van der Waals surface area contributed by atoms with Gasteiger partial charge in [-0.2, -0.15) is 4.98 Å². The minimum atomic E-state index is -3.12. The smallest absolute Gasteiger partial charge is 0.299 e. The average Bonchev–Trinajstić information content (AvgIpc) is 2.73. The molecule has 0 fully saturated rings. The molecule has 3 rings (SSSR count). The lowest BCUT2D eigenvalue weighted by Gasteiger charge is -2.29. The minimum absolute atomic E-state index is 0.0499. The summed E-state index contributed by atoms with van der Waals surface area (Å²) in [4.78, 5) is 35.8.